The van der Waals surface area contributed by atoms with Crippen LogP contribution in [0.4, 0.5) is 0 Å². The van der Waals surface area contributed by atoms with Crippen molar-refractivity contribution in [2.45, 2.75) is 79.1 Å². The molecule has 0 aromatic heterocycles. The molecule has 1 aliphatic rings. The van der Waals surface area contributed by atoms with E-state index < -0.39 is 34.6 Å². The van der Waals surface area contributed by atoms with Crippen molar-refractivity contribution in [3.8, 4) is 0 Å². The van der Waals surface area contributed by atoms with Gasteiger partial charge < -0.3 is 16.5 Å². The molecule has 0 bridgehead atoms. The lowest BCUT2D eigenvalue weighted by molar-refractivity contribution is 0.212. The van der Waals surface area contributed by atoms with Crippen molar-refractivity contribution in [3.05, 3.63) is 0 Å². The summed E-state index contributed by atoms with van der Waals surface area (Å²) in [7, 11) is -9.81. The van der Waals surface area contributed by atoms with E-state index in [1.165, 1.54) is 0 Å². The van der Waals surface area contributed by atoms with Crippen LogP contribution in [-0.4, -0.2) is 46.7 Å². The molecule has 1 heterocycles. The van der Waals surface area contributed by atoms with Gasteiger partial charge in [-0.25, -0.2) is 0 Å². The Morgan fingerprint density at radius 3 is 1.14 bits per heavy atom. The lowest BCUT2D eigenvalue weighted by atomic mass is 10.4. The first-order valence-electron chi connectivity index (χ1n) is 8.02. The van der Waals surface area contributed by atoms with Crippen LogP contribution >= 0.6 is 0 Å². The van der Waals surface area contributed by atoms with Crippen LogP contribution in [0.15, 0.2) is 0 Å². The van der Waals surface area contributed by atoms with E-state index in [9.17, 15) is 0 Å². The van der Waals surface area contributed by atoms with Crippen molar-refractivity contribution >= 4 is 34.6 Å². The summed E-state index contributed by atoms with van der Waals surface area (Å²) < 4.78 is 25.8. The number of rotatable bonds is 4. The highest BCUT2D eigenvalue weighted by molar-refractivity contribution is 6.92. The van der Waals surface area contributed by atoms with Crippen LogP contribution in [0.5, 0.6) is 0 Å². The van der Waals surface area contributed by atoms with Crippen molar-refractivity contribution < 1.29 is 16.5 Å². The fraction of sp³-hybridized carbons (Fsp3) is 1.00. The minimum absolute atomic E-state index is 0.281. The van der Waals surface area contributed by atoms with E-state index in [0.717, 1.165) is 0 Å². The molecule has 2 N–H and O–H groups in total. The van der Waals surface area contributed by atoms with Crippen LogP contribution in [0, 0.1) is 0 Å². The number of hydrogen-bond donors (Lipinski definition) is 2. The van der Waals surface area contributed by atoms with Gasteiger partial charge in [0.25, 0.3) is 0 Å². The topological polar surface area (TPSA) is 61.0 Å². The zero-order chi connectivity index (χ0) is 17.4. The van der Waals surface area contributed by atoms with Crippen LogP contribution in [0.1, 0.15) is 27.7 Å². The van der Waals surface area contributed by atoms with Crippen LogP contribution < -0.4 is 9.96 Å². The summed E-state index contributed by atoms with van der Waals surface area (Å²) in [6.45, 7) is 20.8. The molecule has 1 rings (SSSR count). The van der Waals surface area contributed by atoms with Crippen LogP contribution in [0.3, 0.4) is 0 Å². The van der Waals surface area contributed by atoms with Crippen LogP contribution in [0.25, 0.3) is 0 Å². The summed E-state index contributed by atoms with van der Waals surface area (Å²) in [6, 6.07) is 0.562. The average molecular weight is 383 g/mol. The van der Waals surface area contributed by atoms with Crippen molar-refractivity contribution in [1.29, 1.82) is 0 Å². The fourth-order valence-corrected chi connectivity index (χ4v) is 23.6. The lowest BCUT2D eigenvalue weighted by Gasteiger charge is -2.48. The Labute approximate surface area is 140 Å². The molecule has 132 valence electrons. The molecule has 0 spiro atoms. The lowest BCUT2D eigenvalue weighted by Crippen LogP contribution is -2.75. The molecular weight excluding hydrogens is 348 g/mol. The minimum Gasteiger partial charge on any atom is -0.416 e. The summed E-state index contributed by atoms with van der Waals surface area (Å²) in [5, 5.41) is 0. The zero-order valence-electron chi connectivity index (χ0n) is 15.8. The normalized spacial score (nSPS) is 35.5. The third kappa shape index (κ3) is 6.63. The molecule has 2 atom stereocenters. The third-order valence-electron chi connectivity index (χ3n) is 2.86. The van der Waals surface area contributed by atoms with Gasteiger partial charge in [-0.3, -0.25) is 9.96 Å². The molecule has 6 nitrogen and oxygen atoms in total. The molecule has 1 aliphatic heterocycles. The number of hydrogen-bond acceptors (Lipinski definition) is 6. The zero-order valence-corrected chi connectivity index (χ0v) is 19.8. The first-order valence-corrected chi connectivity index (χ1v) is 18.3. The van der Waals surface area contributed by atoms with E-state index in [1.807, 2.05) is 0 Å². The molecular formula is C12H34N2O4Si4. The highest BCUT2D eigenvalue weighted by atomic mass is 28.5. The maximum atomic E-state index is 6.56. The second-order valence-electron chi connectivity index (χ2n) is 7.70. The van der Waals surface area contributed by atoms with Gasteiger partial charge in [0.2, 0.25) is 0 Å². The molecule has 0 aromatic rings. The van der Waals surface area contributed by atoms with E-state index in [1.54, 1.807) is 0 Å². The predicted octanol–water partition coefficient (Wildman–Crippen LogP) is 2.60. The summed E-state index contributed by atoms with van der Waals surface area (Å²) in [5.41, 5.74) is 0. The van der Waals surface area contributed by atoms with E-state index in [-0.39, 0.29) is 12.1 Å². The third-order valence-corrected chi connectivity index (χ3v) is 19.2. The van der Waals surface area contributed by atoms with Gasteiger partial charge in [0.1, 0.15) is 0 Å². The van der Waals surface area contributed by atoms with E-state index in [2.05, 4.69) is 76.9 Å². The first kappa shape index (κ1) is 20.7. The van der Waals surface area contributed by atoms with Crippen LogP contribution in [0.2, 0.25) is 39.3 Å². The Morgan fingerprint density at radius 1 is 0.545 bits per heavy atom. The highest BCUT2D eigenvalue weighted by Gasteiger charge is 2.55. The van der Waals surface area contributed by atoms with E-state index >= 15 is 0 Å². The summed E-state index contributed by atoms with van der Waals surface area (Å²) >= 11 is 0. The van der Waals surface area contributed by atoms with Gasteiger partial charge in [0, 0.05) is 0 Å². The Bertz CT molecular complexity index is 363. The Kier molecular flexibility index (Phi) is 6.45. The van der Waals surface area contributed by atoms with Crippen molar-refractivity contribution in [2.24, 2.45) is 0 Å². The molecule has 0 radical (unpaired) electrons. The van der Waals surface area contributed by atoms with E-state index in [4.69, 9.17) is 16.5 Å². The molecule has 1 fully saturated rings. The maximum Gasteiger partial charge on any atom is 0.405 e. The van der Waals surface area contributed by atoms with Gasteiger partial charge >= 0.3 is 34.6 Å². The second-order valence-corrected chi connectivity index (χ2v) is 20.9. The molecule has 10 heteroatoms. The van der Waals surface area contributed by atoms with Gasteiger partial charge in [-0.2, -0.15) is 0 Å². The minimum atomic E-state index is -2.60. The Hall–Kier alpha value is 0.628. The first-order chi connectivity index (χ1) is 9.66. The Balaban J connectivity index is 3.15. The van der Waals surface area contributed by atoms with Gasteiger partial charge in [-0.1, -0.05) is 27.7 Å². The summed E-state index contributed by atoms with van der Waals surface area (Å²) in [5.74, 6) is 0. The number of nitrogens with one attached hydrogen (secondary N) is 2. The highest BCUT2D eigenvalue weighted by Crippen LogP contribution is 2.29. The Morgan fingerprint density at radius 2 is 0.864 bits per heavy atom. The predicted molar refractivity (Wildman–Crippen MR) is 99.1 cm³/mol. The molecule has 1 saturated heterocycles. The average Bonchev–Trinajstić information content (AvgIpc) is 2.03. The summed E-state index contributed by atoms with van der Waals surface area (Å²) in [6.07, 6.45) is 0. The van der Waals surface area contributed by atoms with Crippen LogP contribution in [-0.2, 0) is 16.5 Å². The van der Waals surface area contributed by atoms with Gasteiger partial charge in [0.05, 0.1) is 0 Å². The monoisotopic (exact) mass is 382 g/mol. The van der Waals surface area contributed by atoms with Crippen molar-refractivity contribution in [1.82, 2.24) is 9.96 Å². The summed E-state index contributed by atoms with van der Waals surface area (Å²) in [4.78, 5) is 7.03. The van der Waals surface area contributed by atoms with Gasteiger partial charge in [0.15, 0.2) is 0 Å². The molecule has 0 saturated carbocycles. The maximum absolute atomic E-state index is 6.56. The van der Waals surface area contributed by atoms with Crippen molar-refractivity contribution in [2.75, 3.05) is 0 Å². The second kappa shape index (κ2) is 6.86. The van der Waals surface area contributed by atoms with E-state index in [0.29, 0.717) is 0 Å². The molecule has 2 unspecified atom stereocenters. The van der Waals surface area contributed by atoms with Gasteiger partial charge in [-0.15, -0.1) is 0 Å². The molecule has 0 aromatic carbocycles. The van der Waals surface area contributed by atoms with Gasteiger partial charge in [-0.05, 0) is 51.4 Å². The fourth-order valence-electron chi connectivity index (χ4n) is 3.15. The SMILES string of the molecule is CC(C)N[Si]1(C)O[Si](C)(C)O[Si](C)(C)O[Si](C)(NC(C)C)O1. The molecule has 22 heavy (non-hydrogen) atoms. The standard InChI is InChI=1S/C12H34N2O4Si4/c1-11(2)13-21(9)16-19(5,6)15-20(7,8)17-22(10,18-21)14-12(3)4/h11-14H,1-10H3. The molecule has 0 amide bonds. The quantitative estimate of drug-likeness (QED) is 0.729. The molecule has 0 aliphatic carbocycles. The van der Waals surface area contributed by atoms with Crippen molar-refractivity contribution in [3.63, 3.8) is 0 Å². The smallest absolute Gasteiger partial charge is 0.405 e. The largest absolute Gasteiger partial charge is 0.416 e.